The van der Waals surface area contributed by atoms with Crippen LogP contribution in [-0.4, -0.2) is 24.5 Å². The second kappa shape index (κ2) is 8.84. The lowest BCUT2D eigenvalue weighted by molar-refractivity contribution is -0.142. The molecule has 0 saturated heterocycles. The van der Waals surface area contributed by atoms with Gasteiger partial charge in [-0.3, -0.25) is 9.59 Å². The third kappa shape index (κ3) is 5.52. The van der Waals surface area contributed by atoms with Crippen molar-refractivity contribution in [2.24, 2.45) is 5.73 Å². The summed E-state index contributed by atoms with van der Waals surface area (Å²) in [6, 6.07) is 16.1. The number of rotatable bonds is 7. The first-order chi connectivity index (χ1) is 11.6. The van der Waals surface area contributed by atoms with Gasteiger partial charge in [-0.2, -0.15) is 0 Å². The van der Waals surface area contributed by atoms with E-state index in [1.807, 2.05) is 30.3 Å². The highest BCUT2D eigenvalue weighted by Crippen LogP contribution is 2.11. The molecule has 2 aromatic rings. The molecule has 0 heterocycles. The van der Waals surface area contributed by atoms with E-state index >= 15 is 0 Å². The van der Waals surface area contributed by atoms with E-state index in [9.17, 15) is 9.59 Å². The first kappa shape index (κ1) is 17.7. The van der Waals surface area contributed by atoms with Gasteiger partial charge in [0.2, 0.25) is 5.91 Å². The van der Waals surface area contributed by atoms with Gasteiger partial charge in [-0.25, -0.2) is 0 Å². The predicted octanol–water partition coefficient (Wildman–Crippen LogP) is 2.30. The van der Waals surface area contributed by atoms with Gasteiger partial charge in [-0.15, -0.1) is 0 Å². The smallest absolute Gasteiger partial charge is 0.310 e. The molecule has 0 saturated carbocycles. The average molecular weight is 326 g/mol. The number of hydrogen-bond donors (Lipinski definition) is 2. The lowest BCUT2D eigenvalue weighted by atomic mass is 10.1. The zero-order valence-corrected chi connectivity index (χ0v) is 13.7. The van der Waals surface area contributed by atoms with Gasteiger partial charge in [-0.05, 0) is 36.6 Å². The van der Waals surface area contributed by atoms with Crippen molar-refractivity contribution >= 4 is 17.6 Å². The Morgan fingerprint density at radius 1 is 1.04 bits per heavy atom. The number of benzene rings is 2. The number of carbonyl (C=O) groups is 2. The summed E-state index contributed by atoms with van der Waals surface area (Å²) >= 11 is 0. The highest BCUT2D eigenvalue weighted by atomic mass is 16.5. The first-order valence-corrected chi connectivity index (χ1v) is 7.93. The first-order valence-electron chi connectivity index (χ1n) is 7.93. The minimum Gasteiger partial charge on any atom is -0.466 e. The molecular formula is C19H22N2O3. The van der Waals surface area contributed by atoms with E-state index < -0.39 is 6.04 Å². The van der Waals surface area contributed by atoms with E-state index in [2.05, 4.69) is 5.32 Å². The van der Waals surface area contributed by atoms with Crippen LogP contribution < -0.4 is 11.1 Å². The minimum atomic E-state index is -0.619. The number of anilines is 1. The van der Waals surface area contributed by atoms with Gasteiger partial charge in [0.15, 0.2) is 0 Å². The molecule has 2 rings (SSSR count). The fourth-order valence-electron chi connectivity index (χ4n) is 2.28. The number of carbonyl (C=O) groups excluding carboxylic acids is 2. The molecular weight excluding hydrogens is 304 g/mol. The Labute approximate surface area is 141 Å². The summed E-state index contributed by atoms with van der Waals surface area (Å²) in [5.74, 6) is -0.504. The van der Waals surface area contributed by atoms with Crippen LogP contribution >= 0.6 is 0 Å². The maximum absolute atomic E-state index is 12.2. The maximum Gasteiger partial charge on any atom is 0.310 e. The number of nitrogens with one attached hydrogen (secondary N) is 1. The van der Waals surface area contributed by atoms with Crippen LogP contribution in [0.15, 0.2) is 54.6 Å². The summed E-state index contributed by atoms with van der Waals surface area (Å²) in [4.78, 5) is 23.6. The molecule has 2 aromatic carbocycles. The predicted molar refractivity (Wildman–Crippen MR) is 93.5 cm³/mol. The van der Waals surface area contributed by atoms with E-state index in [1.54, 1.807) is 31.2 Å². The molecule has 1 atom stereocenters. The van der Waals surface area contributed by atoms with E-state index in [0.29, 0.717) is 18.7 Å². The third-order valence-corrected chi connectivity index (χ3v) is 3.51. The van der Waals surface area contributed by atoms with Crippen molar-refractivity contribution in [3.63, 3.8) is 0 Å². The summed E-state index contributed by atoms with van der Waals surface area (Å²) < 4.78 is 4.90. The van der Waals surface area contributed by atoms with Crippen LogP contribution in [0.4, 0.5) is 5.69 Å². The van der Waals surface area contributed by atoms with Crippen LogP contribution in [-0.2, 0) is 27.2 Å². The monoisotopic (exact) mass is 326 g/mol. The highest BCUT2D eigenvalue weighted by molar-refractivity contribution is 5.94. The molecule has 1 amide bonds. The molecule has 1 unspecified atom stereocenters. The van der Waals surface area contributed by atoms with Crippen LogP contribution in [0.3, 0.4) is 0 Å². The second-order valence-electron chi connectivity index (χ2n) is 5.46. The number of ether oxygens (including phenoxy) is 1. The summed E-state index contributed by atoms with van der Waals surface area (Å²) in [6.07, 6.45) is 0.698. The highest BCUT2D eigenvalue weighted by Gasteiger charge is 2.14. The molecule has 0 aromatic heterocycles. The Morgan fingerprint density at radius 3 is 2.33 bits per heavy atom. The molecule has 0 fully saturated rings. The van der Waals surface area contributed by atoms with Crippen molar-refractivity contribution in [3.8, 4) is 0 Å². The molecule has 126 valence electrons. The lowest BCUT2D eigenvalue weighted by Crippen LogP contribution is -2.37. The van der Waals surface area contributed by atoms with Gasteiger partial charge < -0.3 is 15.8 Å². The van der Waals surface area contributed by atoms with Crippen molar-refractivity contribution in [1.29, 1.82) is 0 Å². The molecule has 5 heteroatoms. The van der Waals surface area contributed by atoms with Crippen molar-refractivity contribution in [3.05, 3.63) is 65.7 Å². The molecule has 0 radical (unpaired) electrons. The van der Waals surface area contributed by atoms with Crippen molar-refractivity contribution in [2.75, 3.05) is 11.9 Å². The largest absolute Gasteiger partial charge is 0.466 e. The lowest BCUT2D eigenvalue weighted by Gasteiger charge is -2.12. The van der Waals surface area contributed by atoms with Gasteiger partial charge >= 0.3 is 5.97 Å². The minimum absolute atomic E-state index is 0.218. The normalized spacial score (nSPS) is 11.6. The van der Waals surface area contributed by atoms with Crippen LogP contribution in [0.2, 0.25) is 0 Å². The van der Waals surface area contributed by atoms with Crippen LogP contribution in [0.5, 0.6) is 0 Å². The molecule has 0 spiro atoms. The summed E-state index contributed by atoms with van der Waals surface area (Å²) in [7, 11) is 0. The maximum atomic E-state index is 12.2. The SMILES string of the molecule is CCOC(=O)Cc1ccc(NC(=O)C(N)Cc2ccccc2)cc1. The topological polar surface area (TPSA) is 81.4 Å². The quantitative estimate of drug-likeness (QED) is 0.765. The molecule has 5 nitrogen and oxygen atoms in total. The molecule has 0 aliphatic carbocycles. The Balaban J connectivity index is 1.88. The molecule has 3 N–H and O–H groups in total. The van der Waals surface area contributed by atoms with Crippen LogP contribution in [0.25, 0.3) is 0 Å². The van der Waals surface area contributed by atoms with Crippen molar-refractivity contribution in [2.45, 2.75) is 25.8 Å². The molecule has 0 bridgehead atoms. The molecule has 0 aliphatic rings. The van der Waals surface area contributed by atoms with E-state index in [0.717, 1.165) is 11.1 Å². The summed E-state index contributed by atoms with van der Waals surface area (Å²) in [5, 5.41) is 2.79. The Morgan fingerprint density at radius 2 is 1.71 bits per heavy atom. The van der Waals surface area contributed by atoms with Gasteiger partial charge in [0.05, 0.1) is 19.1 Å². The van der Waals surface area contributed by atoms with E-state index in [-0.39, 0.29) is 18.3 Å². The Bertz CT molecular complexity index is 669. The van der Waals surface area contributed by atoms with E-state index in [1.165, 1.54) is 0 Å². The number of hydrogen-bond acceptors (Lipinski definition) is 4. The van der Waals surface area contributed by atoms with Crippen LogP contribution in [0.1, 0.15) is 18.1 Å². The molecule has 24 heavy (non-hydrogen) atoms. The third-order valence-electron chi connectivity index (χ3n) is 3.51. The summed E-state index contributed by atoms with van der Waals surface area (Å²) in [6.45, 7) is 2.14. The number of amides is 1. The number of nitrogens with two attached hydrogens (primary N) is 1. The molecule has 0 aliphatic heterocycles. The van der Waals surface area contributed by atoms with Gasteiger partial charge in [0.25, 0.3) is 0 Å². The summed E-state index contributed by atoms with van der Waals surface area (Å²) in [5.41, 5.74) is 8.45. The standard InChI is InChI=1S/C19H22N2O3/c1-2-24-18(22)13-15-8-10-16(11-9-15)21-19(23)17(20)12-14-6-4-3-5-7-14/h3-11,17H,2,12-13,20H2,1H3,(H,21,23). The Kier molecular flexibility index (Phi) is 6.51. The van der Waals surface area contributed by atoms with E-state index in [4.69, 9.17) is 10.5 Å². The van der Waals surface area contributed by atoms with Gasteiger partial charge in [0.1, 0.15) is 0 Å². The Hall–Kier alpha value is -2.66. The second-order valence-corrected chi connectivity index (χ2v) is 5.46. The van der Waals surface area contributed by atoms with Crippen molar-refractivity contribution < 1.29 is 14.3 Å². The van der Waals surface area contributed by atoms with Gasteiger partial charge in [-0.1, -0.05) is 42.5 Å². The zero-order valence-electron chi connectivity index (χ0n) is 13.7. The average Bonchev–Trinajstić information content (AvgIpc) is 2.57. The van der Waals surface area contributed by atoms with Gasteiger partial charge in [0, 0.05) is 5.69 Å². The fourth-order valence-corrected chi connectivity index (χ4v) is 2.28. The van der Waals surface area contributed by atoms with Crippen molar-refractivity contribution in [1.82, 2.24) is 0 Å². The zero-order chi connectivity index (χ0) is 17.4. The number of esters is 1. The van der Waals surface area contributed by atoms with Crippen LogP contribution in [0, 0.1) is 0 Å². The fraction of sp³-hybridized carbons (Fsp3) is 0.263.